The van der Waals surface area contributed by atoms with E-state index >= 15 is 0 Å². The molecule has 21 heavy (non-hydrogen) atoms. The van der Waals surface area contributed by atoms with E-state index in [9.17, 15) is 9.59 Å². The zero-order valence-electron chi connectivity index (χ0n) is 12.2. The summed E-state index contributed by atoms with van der Waals surface area (Å²) >= 11 is 0. The van der Waals surface area contributed by atoms with Crippen LogP contribution in [0, 0.1) is 0 Å². The number of carboxylic acids is 1. The van der Waals surface area contributed by atoms with Crippen LogP contribution in [0.2, 0.25) is 0 Å². The highest BCUT2D eigenvalue weighted by Gasteiger charge is 2.24. The number of hydrogen-bond acceptors (Lipinski definition) is 3. The Morgan fingerprint density at radius 3 is 2.71 bits per heavy atom. The first-order valence-corrected chi connectivity index (χ1v) is 7.22. The molecule has 1 heterocycles. The number of carbonyl (C=O) groups excluding carboxylic acids is 1. The minimum atomic E-state index is -1.04. The molecule has 0 bridgehead atoms. The number of pyridine rings is 1. The quantitative estimate of drug-likeness (QED) is 0.864. The SMILES string of the molecule is CN(C(=O)c1ccncc1C=CC(=O)O)C1CCCCC1. The highest BCUT2D eigenvalue weighted by molar-refractivity contribution is 5.98. The van der Waals surface area contributed by atoms with Gasteiger partial charge in [-0.2, -0.15) is 0 Å². The summed E-state index contributed by atoms with van der Waals surface area (Å²) in [5, 5.41) is 8.71. The minimum absolute atomic E-state index is 0.0747. The normalized spacial score (nSPS) is 16.0. The van der Waals surface area contributed by atoms with Gasteiger partial charge in [-0.15, -0.1) is 0 Å². The van der Waals surface area contributed by atoms with Crippen LogP contribution in [0.25, 0.3) is 6.08 Å². The van der Waals surface area contributed by atoms with Crippen LogP contribution in [0.3, 0.4) is 0 Å². The van der Waals surface area contributed by atoms with Crippen LogP contribution in [-0.4, -0.2) is 40.0 Å². The average molecular weight is 288 g/mol. The molecule has 0 spiro atoms. The van der Waals surface area contributed by atoms with Gasteiger partial charge in [-0.1, -0.05) is 19.3 Å². The van der Waals surface area contributed by atoms with E-state index in [1.807, 2.05) is 7.05 Å². The molecule has 2 rings (SSSR count). The Morgan fingerprint density at radius 1 is 1.33 bits per heavy atom. The lowest BCUT2D eigenvalue weighted by atomic mass is 9.94. The molecule has 1 amide bonds. The van der Waals surface area contributed by atoms with Crippen molar-refractivity contribution in [3.05, 3.63) is 35.7 Å². The van der Waals surface area contributed by atoms with Crippen molar-refractivity contribution in [1.82, 2.24) is 9.88 Å². The predicted octanol–water partition coefficient (Wildman–Crippen LogP) is 2.58. The first-order valence-electron chi connectivity index (χ1n) is 7.22. The first-order chi connectivity index (χ1) is 10.1. The van der Waals surface area contributed by atoms with Crippen molar-refractivity contribution >= 4 is 18.0 Å². The van der Waals surface area contributed by atoms with E-state index in [2.05, 4.69) is 4.98 Å². The van der Waals surface area contributed by atoms with Crippen LogP contribution in [0.15, 0.2) is 24.5 Å². The van der Waals surface area contributed by atoms with Gasteiger partial charge in [0.1, 0.15) is 0 Å². The van der Waals surface area contributed by atoms with Crippen molar-refractivity contribution in [3.63, 3.8) is 0 Å². The summed E-state index contributed by atoms with van der Waals surface area (Å²) in [6.07, 6.45) is 11.1. The smallest absolute Gasteiger partial charge is 0.328 e. The number of nitrogens with zero attached hydrogens (tertiary/aromatic N) is 2. The molecule has 1 aliphatic rings. The van der Waals surface area contributed by atoms with Crippen molar-refractivity contribution in [3.8, 4) is 0 Å². The Bertz CT molecular complexity index is 548. The van der Waals surface area contributed by atoms with Gasteiger partial charge in [0, 0.05) is 42.7 Å². The van der Waals surface area contributed by atoms with E-state index in [0.717, 1.165) is 31.8 Å². The highest BCUT2D eigenvalue weighted by atomic mass is 16.4. The third-order valence-electron chi connectivity index (χ3n) is 3.93. The molecule has 1 aromatic heterocycles. The Hall–Kier alpha value is -2.17. The number of hydrogen-bond donors (Lipinski definition) is 1. The van der Waals surface area contributed by atoms with E-state index in [1.54, 1.807) is 17.2 Å². The molecule has 1 N–H and O–H groups in total. The van der Waals surface area contributed by atoms with Gasteiger partial charge < -0.3 is 10.0 Å². The zero-order valence-corrected chi connectivity index (χ0v) is 12.2. The third kappa shape index (κ3) is 3.90. The van der Waals surface area contributed by atoms with E-state index < -0.39 is 5.97 Å². The van der Waals surface area contributed by atoms with E-state index in [4.69, 9.17) is 5.11 Å². The number of carboxylic acid groups (broad SMARTS) is 1. The van der Waals surface area contributed by atoms with E-state index in [0.29, 0.717) is 11.1 Å². The molecule has 112 valence electrons. The Kier molecular flexibility index (Phi) is 5.09. The summed E-state index contributed by atoms with van der Waals surface area (Å²) in [4.78, 5) is 29.0. The van der Waals surface area contributed by atoms with Gasteiger partial charge in [0.15, 0.2) is 0 Å². The van der Waals surface area contributed by atoms with Gasteiger partial charge in [-0.25, -0.2) is 4.79 Å². The second kappa shape index (κ2) is 7.02. The standard InChI is InChI=1S/C16H20N2O3/c1-18(13-5-3-2-4-6-13)16(21)14-9-10-17-11-12(14)7-8-15(19)20/h7-11,13H,2-6H2,1H3,(H,19,20). The van der Waals surface area contributed by atoms with Crippen LogP contribution in [0.5, 0.6) is 0 Å². The minimum Gasteiger partial charge on any atom is -0.478 e. The van der Waals surface area contributed by atoms with Gasteiger partial charge in [0.25, 0.3) is 5.91 Å². The topological polar surface area (TPSA) is 70.5 Å². The Labute approximate surface area is 124 Å². The van der Waals surface area contributed by atoms with Crippen LogP contribution in [0.4, 0.5) is 0 Å². The summed E-state index contributed by atoms with van der Waals surface area (Å²) in [5.74, 6) is -1.12. The van der Waals surface area contributed by atoms with Crippen LogP contribution in [0.1, 0.15) is 48.0 Å². The predicted molar refractivity (Wildman–Crippen MR) is 79.9 cm³/mol. The van der Waals surface area contributed by atoms with Gasteiger partial charge in [0.2, 0.25) is 0 Å². The summed E-state index contributed by atoms with van der Waals surface area (Å²) in [7, 11) is 1.82. The number of aromatic nitrogens is 1. The molecule has 0 radical (unpaired) electrons. The molecular formula is C16H20N2O3. The highest BCUT2D eigenvalue weighted by Crippen LogP contribution is 2.23. The molecule has 5 heteroatoms. The first kappa shape index (κ1) is 15.2. The second-order valence-electron chi connectivity index (χ2n) is 5.34. The molecule has 1 fully saturated rings. The molecule has 0 unspecified atom stereocenters. The molecule has 0 atom stereocenters. The molecule has 5 nitrogen and oxygen atoms in total. The lowest BCUT2D eigenvalue weighted by Crippen LogP contribution is -2.38. The van der Waals surface area contributed by atoms with Crippen molar-refractivity contribution in [2.24, 2.45) is 0 Å². The fourth-order valence-electron chi connectivity index (χ4n) is 2.72. The van der Waals surface area contributed by atoms with Crippen LogP contribution in [-0.2, 0) is 4.79 Å². The zero-order chi connectivity index (χ0) is 15.2. The summed E-state index contributed by atoms with van der Waals surface area (Å²) in [6.45, 7) is 0. The fraction of sp³-hybridized carbons (Fsp3) is 0.438. The largest absolute Gasteiger partial charge is 0.478 e. The van der Waals surface area contributed by atoms with Crippen molar-refractivity contribution < 1.29 is 14.7 Å². The molecule has 0 aromatic carbocycles. The number of amides is 1. The van der Waals surface area contributed by atoms with Crippen LogP contribution >= 0.6 is 0 Å². The van der Waals surface area contributed by atoms with E-state index in [1.165, 1.54) is 18.7 Å². The average Bonchev–Trinajstić information content (AvgIpc) is 2.52. The third-order valence-corrected chi connectivity index (χ3v) is 3.93. The van der Waals surface area contributed by atoms with Gasteiger partial charge >= 0.3 is 5.97 Å². The summed E-state index contributed by atoms with van der Waals surface area (Å²) in [5.41, 5.74) is 1.03. The molecule has 0 aliphatic heterocycles. The van der Waals surface area contributed by atoms with Gasteiger partial charge in [-0.3, -0.25) is 9.78 Å². The molecule has 1 aliphatic carbocycles. The summed E-state index contributed by atoms with van der Waals surface area (Å²) < 4.78 is 0. The van der Waals surface area contributed by atoms with Crippen molar-refractivity contribution in [2.45, 2.75) is 38.1 Å². The molecule has 1 saturated carbocycles. The van der Waals surface area contributed by atoms with Crippen molar-refractivity contribution in [1.29, 1.82) is 0 Å². The van der Waals surface area contributed by atoms with Crippen LogP contribution < -0.4 is 0 Å². The summed E-state index contributed by atoms with van der Waals surface area (Å²) in [6, 6.07) is 1.92. The monoisotopic (exact) mass is 288 g/mol. The maximum absolute atomic E-state index is 12.6. The lowest BCUT2D eigenvalue weighted by Gasteiger charge is -2.31. The van der Waals surface area contributed by atoms with Gasteiger partial charge in [-0.05, 0) is 25.0 Å². The Morgan fingerprint density at radius 2 is 2.05 bits per heavy atom. The molecule has 0 saturated heterocycles. The maximum Gasteiger partial charge on any atom is 0.328 e. The lowest BCUT2D eigenvalue weighted by molar-refractivity contribution is -0.131. The van der Waals surface area contributed by atoms with Crippen molar-refractivity contribution in [2.75, 3.05) is 7.05 Å². The second-order valence-corrected chi connectivity index (χ2v) is 5.34. The molecule has 1 aromatic rings. The van der Waals surface area contributed by atoms with E-state index in [-0.39, 0.29) is 11.9 Å². The Balaban J connectivity index is 2.20. The molecular weight excluding hydrogens is 268 g/mol. The maximum atomic E-state index is 12.6. The fourth-order valence-corrected chi connectivity index (χ4v) is 2.72. The number of rotatable bonds is 4. The number of aliphatic carboxylic acids is 1. The number of carbonyl (C=O) groups is 2. The van der Waals surface area contributed by atoms with Gasteiger partial charge in [0.05, 0.1) is 0 Å².